The summed E-state index contributed by atoms with van der Waals surface area (Å²) in [5.41, 5.74) is 1.20. The highest BCUT2D eigenvalue weighted by Crippen LogP contribution is 2.16. The Bertz CT molecular complexity index is 354. The van der Waals surface area contributed by atoms with E-state index in [-0.39, 0.29) is 0 Å². The molecule has 1 saturated heterocycles. The molecule has 0 amide bonds. The third-order valence-electron chi connectivity index (χ3n) is 3.49. The Kier molecular flexibility index (Phi) is 4.84. The first-order chi connectivity index (χ1) is 8.29. The van der Waals surface area contributed by atoms with Crippen molar-refractivity contribution >= 4 is 11.6 Å². The van der Waals surface area contributed by atoms with Crippen LogP contribution >= 0.6 is 11.6 Å². The summed E-state index contributed by atoms with van der Waals surface area (Å²) in [6.07, 6.45) is 2.58. The number of nitrogens with one attached hydrogen (secondary N) is 1. The van der Waals surface area contributed by atoms with Gasteiger partial charge >= 0.3 is 0 Å². The van der Waals surface area contributed by atoms with Crippen molar-refractivity contribution in [1.82, 2.24) is 10.2 Å². The molecule has 0 saturated carbocycles. The van der Waals surface area contributed by atoms with Crippen LogP contribution in [0.5, 0.6) is 0 Å². The number of likely N-dealkylation sites (tertiary alicyclic amines) is 1. The van der Waals surface area contributed by atoms with Gasteiger partial charge in [0.15, 0.2) is 0 Å². The van der Waals surface area contributed by atoms with Crippen molar-refractivity contribution in [3.05, 3.63) is 34.9 Å². The molecule has 0 bridgehead atoms. The van der Waals surface area contributed by atoms with E-state index in [1.807, 2.05) is 18.2 Å². The van der Waals surface area contributed by atoms with Gasteiger partial charge in [-0.25, -0.2) is 0 Å². The zero-order valence-electron chi connectivity index (χ0n) is 10.5. The van der Waals surface area contributed by atoms with E-state index in [1.165, 1.54) is 31.5 Å². The van der Waals surface area contributed by atoms with Crippen molar-refractivity contribution < 1.29 is 0 Å². The molecule has 1 N–H and O–H groups in total. The lowest BCUT2D eigenvalue weighted by molar-refractivity contribution is 0.198. The number of benzene rings is 1. The van der Waals surface area contributed by atoms with Gasteiger partial charge in [0.2, 0.25) is 0 Å². The molecule has 2 nitrogen and oxygen atoms in total. The van der Waals surface area contributed by atoms with Gasteiger partial charge in [0.25, 0.3) is 0 Å². The fourth-order valence-corrected chi connectivity index (χ4v) is 2.61. The lowest BCUT2D eigenvalue weighted by Gasteiger charge is -2.32. The SMILES string of the molecule is CCN1CCCC(NCc2ccccc2Cl)C1. The van der Waals surface area contributed by atoms with Crippen molar-refractivity contribution in [3.63, 3.8) is 0 Å². The quantitative estimate of drug-likeness (QED) is 0.887. The van der Waals surface area contributed by atoms with Crippen molar-refractivity contribution in [2.75, 3.05) is 19.6 Å². The Labute approximate surface area is 109 Å². The molecule has 1 aliphatic rings. The number of nitrogens with zero attached hydrogens (tertiary/aromatic N) is 1. The molecule has 1 aliphatic heterocycles. The number of rotatable bonds is 4. The number of likely N-dealkylation sites (N-methyl/N-ethyl adjacent to an activating group) is 1. The predicted molar refractivity (Wildman–Crippen MR) is 73.4 cm³/mol. The second-order valence-electron chi connectivity index (χ2n) is 4.70. The highest BCUT2D eigenvalue weighted by molar-refractivity contribution is 6.31. The van der Waals surface area contributed by atoms with E-state index in [9.17, 15) is 0 Å². The standard InChI is InChI=1S/C14H21ClN2/c1-2-17-9-5-7-13(11-17)16-10-12-6-3-4-8-14(12)15/h3-4,6,8,13,16H,2,5,7,9-11H2,1H3. The predicted octanol–water partition coefficient (Wildman–Crippen LogP) is 2.91. The fourth-order valence-electron chi connectivity index (χ4n) is 2.41. The third-order valence-corrected chi connectivity index (χ3v) is 3.86. The highest BCUT2D eigenvalue weighted by Gasteiger charge is 2.17. The van der Waals surface area contributed by atoms with E-state index in [4.69, 9.17) is 11.6 Å². The van der Waals surface area contributed by atoms with Crippen LogP contribution in [0.25, 0.3) is 0 Å². The smallest absolute Gasteiger partial charge is 0.0450 e. The van der Waals surface area contributed by atoms with E-state index in [0.717, 1.165) is 18.1 Å². The molecule has 1 atom stereocenters. The van der Waals surface area contributed by atoms with Crippen molar-refractivity contribution in [2.45, 2.75) is 32.4 Å². The Hall–Kier alpha value is -0.570. The van der Waals surface area contributed by atoms with Gasteiger partial charge in [-0.3, -0.25) is 0 Å². The van der Waals surface area contributed by atoms with Crippen LogP contribution in [-0.2, 0) is 6.54 Å². The zero-order chi connectivity index (χ0) is 12.1. The van der Waals surface area contributed by atoms with Crippen LogP contribution in [0.3, 0.4) is 0 Å². The van der Waals surface area contributed by atoms with Crippen LogP contribution in [0.15, 0.2) is 24.3 Å². The molecule has 1 fully saturated rings. The van der Waals surface area contributed by atoms with Gasteiger partial charge in [-0.15, -0.1) is 0 Å². The van der Waals surface area contributed by atoms with Crippen molar-refractivity contribution in [3.8, 4) is 0 Å². The molecule has 2 rings (SSSR count). The second-order valence-corrected chi connectivity index (χ2v) is 5.11. The van der Waals surface area contributed by atoms with Gasteiger partial charge in [0.05, 0.1) is 0 Å². The second kappa shape index (κ2) is 6.39. The molecule has 0 aliphatic carbocycles. The van der Waals surface area contributed by atoms with Gasteiger partial charge in [0, 0.05) is 24.2 Å². The van der Waals surface area contributed by atoms with Gasteiger partial charge in [-0.2, -0.15) is 0 Å². The minimum Gasteiger partial charge on any atom is -0.309 e. The molecule has 0 spiro atoms. The maximum absolute atomic E-state index is 6.15. The van der Waals surface area contributed by atoms with E-state index < -0.39 is 0 Å². The molecule has 1 aromatic carbocycles. The molecule has 0 aromatic heterocycles. The summed E-state index contributed by atoms with van der Waals surface area (Å²) < 4.78 is 0. The summed E-state index contributed by atoms with van der Waals surface area (Å²) in [7, 11) is 0. The maximum atomic E-state index is 6.15. The molecule has 3 heteroatoms. The van der Waals surface area contributed by atoms with E-state index >= 15 is 0 Å². The first-order valence-electron chi connectivity index (χ1n) is 6.48. The first-order valence-corrected chi connectivity index (χ1v) is 6.86. The molecule has 94 valence electrons. The summed E-state index contributed by atoms with van der Waals surface area (Å²) in [6.45, 7) is 6.68. The van der Waals surface area contributed by atoms with Gasteiger partial charge in [-0.05, 0) is 37.6 Å². The highest BCUT2D eigenvalue weighted by atomic mass is 35.5. The fraction of sp³-hybridized carbons (Fsp3) is 0.571. The molecule has 0 radical (unpaired) electrons. The normalized spacial score (nSPS) is 21.6. The Morgan fingerprint density at radius 2 is 2.24 bits per heavy atom. The lowest BCUT2D eigenvalue weighted by Crippen LogP contribution is -2.45. The first kappa shape index (κ1) is 12.9. The minimum atomic E-state index is 0.611. The van der Waals surface area contributed by atoms with E-state index in [1.54, 1.807) is 0 Å². The summed E-state index contributed by atoms with van der Waals surface area (Å²) in [5, 5.41) is 4.48. The van der Waals surface area contributed by atoms with Crippen LogP contribution in [0.4, 0.5) is 0 Å². The summed E-state index contributed by atoms with van der Waals surface area (Å²) in [4.78, 5) is 2.51. The van der Waals surface area contributed by atoms with E-state index in [2.05, 4.69) is 23.2 Å². The van der Waals surface area contributed by atoms with Crippen LogP contribution < -0.4 is 5.32 Å². The summed E-state index contributed by atoms with van der Waals surface area (Å²) >= 11 is 6.15. The van der Waals surface area contributed by atoms with Crippen LogP contribution in [0, 0.1) is 0 Å². The van der Waals surface area contributed by atoms with Gasteiger partial charge in [-0.1, -0.05) is 36.7 Å². The van der Waals surface area contributed by atoms with Crippen molar-refractivity contribution in [1.29, 1.82) is 0 Å². The largest absolute Gasteiger partial charge is 0.309 e. The number of hydrogen-bond donors (Lipinski definition) is 1. The number of piperidine rings is 1. The van der Waals surface area contributed by atoms with Crippen LogP contribution in [0.1, 0.15) is 25.3 Å². The summed E-state index contributed by atoms with van der Waals surface area (Å²) in [6, 6.07) is 8.68. The van der Waals surface area contributed by atoms with Crippen LogP contribution in [0.2, 0.25) is 5.02 Å². The molecule has 17 heavy (non-hydrogen) atoms. The van der Waals surface area contributed by atoms with Gasteiger partial charge in [0.1, 0.15) is 0 Å². The average Bonchev–Trinajstić information content (AvgIpc) is 2.38. The molecular weight excluding hydrogens is 232 g/mol. The Morgan fingerprint density at radius 3 is 3.00 bits per heavy atom. The maximum Gasteiger partial charge on any atom is 0.0450 e. The molecule has 1 unspecified atom stereocenters. The minimum absolute atomic E-state index is 0.611. The van der Waals surface area contributed by atoms with Crippen molar-refractivity contribution in [2.24, 2.45) is 0 Å². The third kappa shape index (κ3) is 3.70. The molecular formula is C14H21ClN2. The van der Waals surface area contributed by atoms with Crippen LogP contribution in [-0.4, -0.2) is 30.6 Å². The number of halogens is 1. The monoisotopic (exact) mass is 252 g/mol. The van der Waals surface area contributed by atoms with E-state index in [0.29, 0.717) is 6.04 Å². The average molecular weight is 253 g/mol. The lowest BCUT2D eigenvalue weighted by atomic mass is 10.1. The molecule has 1 heterocycles. The Balaban J connectivity index is 1.84. The Morgan fingerprint density at radius 1 is 1.41 bits per heavy atom. The number of hydrogen-bond acceptors (Lipinski definition) is 2. The topological polar surface area (TPSA) is 15.3 Å². The molecule has 1 aromatic rings. The van der Waals surface area contributed by atoms with Gasteiger partial charge < -0.3 is 10.2 Å². The zero-order valence-corrected chi connectivity index (χ0v) is 11.2. The summed E-state index contributed by atoms with van der Waals surface area (Å²) in [5.74, 6) is 0.